The molecule has 35 heavy (non-hydrogen) atoms. The Morgan fingerprint density at radius 1 is 0.971 bits per heavy atom. The van der Waals surface area contributed by atoms with E-state index >= 15 is 0 Å². The Morgan fingerprint density at radius 3 is 1.91 bits per heavy atom. The Balaban J connectivity index is 2.31. The van der Waals surface area contributed by atoms with Crippen LogP contribution in [0.15, 0.2) is 53.4 Å². The van der Waals surface area contributed by atoms with Gasteiger partial charge >= 0.3 is 12.4 Å². The molecule has 0 aliphatic heterocycles. The lowest BCUT2D eigenvalue weighted by atomic mass is 9.99. The van der Waals surface area contributed by atoms with E-state index in [-0.39, 0.29) is 10.5 Å². The molecule has 0 spiro atoms. The molecule has 0 aromatic heterocycles. The van der Waals surface area contributed by atoms with Gasteiger partial charge < -0.3 is 5.32 Å². The van der Waals surface area contributed by atoms with Gasteiger partial charge in [0.1, 0.15) is 12.6 Å². The van der Waals surface area contributed by atoms with Gasteiger partial charge in [0, 0.05) is 12.7 Å². The van der Waals surface area contributed by atoms with Crippen molar-refractivity contribution < 1.29 is 39.6 Å². The summed E-state index contributed by atoms with van der Waals surface area (Å²) in [5.41, 5.74) is 0.647. The minimum atomic E-state index is -4.95. The predicted octanol–water partition coefficient (Wildman–Crippen LogP) is 4.30. The number of nitriles is 1. The van der Waals surface area contributed by atoms with Crippen LogP contribution in [0.5, 0.6) is 0 Å². The van der Waals surface area contributed by atoms with Gasteiger partial charge in [0.05, 0.1) is 17.0 Å². The molecule has 0 fully saturated rings. The zero-order chi connectivity index (χ0) is 26.4. The molecular weight excluding hydrogens is 500 g/mol. The molecule has 0 radical (unpaired) electrons. The Morgan fingerprint density at radius 2 is 1.49 bits per heavy atom. The van der Waals surface area contributed by atoms with Crippen LogP contribution in [0.2, 0.25) is 0 Å². The number of carbonyl (C=O) groups excluding carboxylic acids is 1. The molecule has 1 amide bonds. The molecular formula is C22H21F6N3O3S. The van der Waals surface area contributed by atoms with E-state index in [1.165, 1.54) is 42.5 Å². The first-order valence-corrected chi connectivity index (χ1v) is 12.0. The van der Waals surface area contributed by atoms with Gasteiger partial charge in [-0.3, -0.25) is 10.1 Å². The molecule has 2 rings (SSSR count). The van der Waals surface area contributed by atoms with E-state index in [0.29, 0.717) is 11.1 Å². The van der Waals surface area contributed by atoms with Crippen LogP contribution in [-0.2, 0) is 14.6 Å². The molecule has 0 unspecified atom stereocenters. The highest BCUT2D eigenvalue weighted by Crippen LogP contribution is 2.35. The minimum absolute atomic E-state index is 0.0683. The normalized spacial score (nSPS) is 14.1. The molecule has 13 heteroatoms. The van der Waals surface area contributed by atoms with Crippen molar-refractivity contribution >= 4 is 15.7 Å². The standard InChI is InChI=1S/C22H21F6N3O3S/c1-35(33,34)17-8-6-15(7-9-17)14-2-4-16(5-3-14)19(22(26,27)28)31-18(10-11-21(23,24)25)20(32)30-13-12-29/h2-9,18-19,31H,10-11,13H2,1H3,(H,30,32)/t18-,19-/m0/s1. The Hall–Kier alpha value is -3.11. The van der Waals surface area contributed by atoms with Crippen LogP contribution in [0, 0.1) is 11.3 Å². The van der Waals surface area contributed by atoms with Gasteiger partial charge in [-0.05, 0) is 35.2 Å². The molecule has 2 N–H and O–H groups in total. The van der Waals surface area contributed by atoms with Crippen LogP contribution in [0.4, 0.5) is 26.3 Å². The average Bonchev–Trinajstić information content (AvgIpc) is 2.75. The van der Waals surface area contributed by atoms with Crippen LogP contribution < -0.4 is 10.6 Å². The van der Waals surface area contributed by atoms with E-state index in [1.54, 1.807) is 0 Å². The largest absolute Gasteiger partial charge is 0.407 e. The number of hydrogen-bond acceptors (Lipinski definition) is 5. The van der Waals surface area contributed by atoms with E-state index in [2.05, 4.69) is 0 Å². The summed E-state index contributed by atoms with van der Waals surface area (Å²) in [5, 5.41) is 12.5. The first kappa shape index (κ1) is 28.1. The lowest BCUT2D eigenvalue weighted by Gasteiger charge is -2.27. The summed E-state index contributed by atoms with van der Waals surface area (Å²) in [7, 11) is -3.43. The van der Waals surface area contributed by atoms with Crippen molar-refractivity contribution in [2.24, 2.45) is 0 Å². The number of carbonyl (C=O) groups is 1. The number of nitrogens with one attached hydrogen (secondary N) is 2. The van der Waals surface area contributed by atoms with E-state index in [9.17, 15) is 39.6 Å². The van der Waals surface area contributed by atoms with Crippen LogP contribution >= 0.6 is 0 Å². The monoisotopic (exact) mass is 521 g/mol. The molecule has 0 heterocycles. The summed E-state index contributed by atoms with van der Waals surface area (Å²) >= 11 is 0. The van der Waals surface area contributed by atoms with Crippen LogP contribution in [0.3, 0.4) is 0 Å². The lowest BCUT2D eigenvalue weighted by molar-refractivity contribution is -0.162. The van der Waals surface area contributed by atoms with Crippen molar-refractivity contribution in [1.29, 1.82) is 5.26 Å². The van der Waals surface area contributed by atoms with E-state index < -0.39 is 59.6 Å². The van der Waals surface area contributed by atoms with Gasteiger partial charge in [-0.25, -0.2) is 8.42 Å². The molecule has 2 aromatic carbocycles. The fourth-order valence-corrected chi connectivity index (χ4v) is 3.82. The van der Waals surface area contributed by atoms with E-state index in [1.807, 2.05) is 10.6 Å². The Labute approximate surface area is 197 Å². The highest BCUT2D eigenvalue weighted by molar-refractivity contribution is 7.90. The van der Waals surface area contributed by atoms with Crippen molar-refractivity contribution in [3.8, 4) is 17.2 Å². The molecule has 2 aromatic rings. The number of benzene rings is 2. The minimum Gasteiger partial charge on any atom is -0.342 e. The number of sulfone groups is 1. The van der Waals surface area contributed by atoms with Crippen LogP contribution in [0.1, 0.15) is 24.4 Å². The maximum absolute atomic E-state index is 13.8. The van der Waals surface area contributed by atoms with Gasteiger partial charge in [0.25, 0.3) is 0 Å². The van der Waals surface area contributed by atoms with Gasteiger partial charge in [-0.1, -0.05) is 36.4 Å². The number of rotatable bonds is 9. The summed E-state index contributed by atoms with van der Waals surface area (Å²) in [6.07, 6.45) is -11.1. The second kappa shape index (κ2) is 11.1. The lowest BCUT2D eigenvalue weighted by Crippen LogP contribution is -2.49. The SMILES string of the molecule is CS(=O)(=O)c1ccc(-c2ccc([C@H](N[C@@H](CCC(F)(F)F)C(=O)NCC#N)C(F)(F)F)cc2)cc1. The topological polar surface area (TPSA) is 99.1 Å². The summed E-state index contributed by atoms with van der Waals surface area (Å²) in [4.78, 5) is 12.2. The Bertz CT molecular complexity index is 1160. The summed E-state index contributed by atoms with van der Waals surface area (Å²) in [6, 6.07) is 7.78. The van der Waals surface area contributed by atoms with Crippen LogP contribution in [-0.4, -0.2) is 45.5 Å². The average molecular weight is 521 g/mol. The number of alkyl halides is 6. The molecule has 6 nitrogen and oxygen atoms in total. The zero-order valence-corrected chi connectivity index (χ0v) is 19.1. The summed E-state index contributed by atoms with van der Waals surface area (Å²) < 4.78 is 103. The van der Waals surface area contributed by atoms with Gasteiger partial charge in [-0.2, -0.15) is 31.6 Å². The predicted molar refractivity (Wildman–Crippen MR) is 115 cm³/mol. The van der Waals surface area contributed by atoms with Crippen LogP contribution in [0.25, 0.3) is 11.1 Å². The quantitative estimate of drug-likeness (QED) is 0.379. The smallest absolute Gasteiger partial charge is 0.342 e. The maximum atomic E-state index is 13.8. The van der Waals surface area contributed by atoms with Crippen molar-refractivity contribution in [2.45, 2.75) is 42.2 Å². The van der Waals surface area contributed by atoms with E-state index in [4.69, 9.17) is 5.26 Å². The summed E-state index contributed by atoms with van der Waals surface area (Å²) in [5.74, 6) is -1.16. The molecule has 0 saturated carbocycles. The van der Waals surface area contributed by atoms with E-state index in [0.717, 1.165) is 18.4 Å². The first-order valence-electron chi connectivity index (χ1n) is 10.1. The number of halogens is 6. The fourth-order valence-electron chi connectivity index (χ4n) is 3.19. The number of hydrogen-bond donors (Lipinski definition) is 2. The molecule has 0 aliphatic rings. The van der Waals surface area contributed by atoms with Crippen molar-refractivity contribution in [1.82, 2.24) is 10.6 Å². The highest BCUT2D eigenvalue weighted by atomic mass is 32.2. The first-order chi connectivity index (χ1) is 16.1. The third-order valence-corrected chi connectivity index (χ3v) is 6.06. The van der Waals surface area contributed by atoms with Crippen molar-refractivity contribution in [3.63, 3.8) is 0 Å². The fraction of sp³-hybridized carbons (Fsp3) is 0.364. The van der Waals surface area contributed by atoms with Gasteiger partial charge in [-0.15, -0.1) is 0 Å². The van der Waals surface area contributed by atoms with Gasteiger partial charge in [0.15, 0.2) is 9.84 Å². The highest BCUT2D eigenvalue weighted by Gasteiger charge is 2.43. The van der Waals surface area contributed by atoms with Crippen molar-refractivity contribution in [2.75, 3.05) is 12.8 Å². The van der Waals surface area contributed by atoms with Gasteiger partial charge in [0.2, 0.25) is 5.91 Å². The number of nitrogens with zero attached hydrogens (tertiary/aromatic N) is 1. The second-order valence-electron chi connectivity index (χ2n) is 7.64. The molecule has 0 aliphatic carbocycles. The maximum Gasteiger partial charge on any atom is 0.407 e. The molecule has 0 bridgehead atoms. The zero-order valence-electron chi connectivity index (χ0n) is 18.2. The molecule has 0 saturated heterocycles. The van der Waals surface area contributed by atoms with Crippen molar-refractivity contribution in [3.05, 3.63) is 54.1 Å². The Kier molecular flexibility index (Phi) is 8.91. The third kappa shape index (κ3) is 8.56. The summed E-state index contributed by atoms with van der Waals surface area (Å²) in [6.45, 7) is -0.577. The number of amides is 1. The molecule has 190 valence electrons. The molecule has 2 atom stereocenters. The second-order valence-corrected chi connectivity index (χ2v) is 9.66. The third-order valence-electron chi connectivity index (χ3n) is 4.93.